The van der Waals surface area contributed by atoms with Crippen molar-refractivity contribution in [3.05, 3.63) is 76.3 Å². The number of fused-ring (bicyclic) bond motifs is 1. The number of ether oxygens (including phenoxy) is 1. The lowest BCUT2D eigenvalue weighted by Crippen LogP contribution is -2.26. The Morgan fingerprint density at radius 1 is 1.09 bits per heavy atom. The minimum Gasteiger partial charge on any atom is -0.495 e. The maximum atomic E-state index is 13.1. The van der Waals surface area contributed by atoms with E-state index < -0.39 is 5.25 Å². The minimum atomic E-state index is -0.395. The number of para-hydroxylation sites is 3. The van der Waals surface area contributed by atoms with Crippen molar-refractivity contribution in [2.45, 2.75) is 37.6 Å². The van der Waals surface area contributed by atoms with E-state index in [1.54, 1.807) is 36.0 Å². The van der Waals surface area contributed by atoms with Crippen molar-refractivity contribution in [1.29, 1.82) is 0 Å². The standard InChI is InChI=1S/C24H25N5O3S/c1-5-19(22(30)25-20-15(2)9-8-10-16(20)3)33-24-27-26-21-23(31)28(13-14-29(21)24)17-11-6-7-12-18(17)32-4/h6-14,19H,5H2,1-4H3,(H,25,30). The van der Waals surface area contributed by atoms with Gasteiger partial charge in [-0.2, -0.15) is 0 Å². The number of hydrogen-bond acceptors (Lipinski definition) is 6. The topological polar surface area (TPSA) is 90.5 Å². The van der Waals surface area contributed by atoms with Crippen LogP contribution in [-0.2, 0) is 4.79 Å². The monoisotopic (exact) mass is 463 g/mol. The number of rotatable bonds is 7. The van der Waals surface area contributed by atoms with E-state index in [4.69, 9.17) is 4.74 Å². The van der Waals surface area contributed by atoms with E-state index in [-0.39, 0.29) is 17.1 Å². The van der Waals surface area contributed by atoms with Crippen LogP contribution >= 0.6 is 11.8 Å². The summed E-state index contributed by atoms with van der Waals surface area (Å²) in [6, 6.07) is 13.2. The molecule has 0 saturated carbocycles. The van der Waals surface area contributed by atoms with Gasteiger partial charge in [0, 0.05) is 18.1 Å². The lowest BCUT2D eigenvalue weighted by atomic mass is 10.1. The Labute approximate surface area is 195 Å². The van der Waals surface area contributed by atoms with Gasteiger partial charge in [-0.15, -0.1) is 10.2 Å². The van der Waals surface area contributed by atoms with Crippen molar-refractivity contribution in [2.75, 3.05) is 12.4 Å². The average molecular weight is 464 g/mol. The van der Waals surface area contributed by atoms with Gasteiger partial charge in [-0.1, -0.05) is 49.0 Å². The molecule has 0 radical (unpaired) electrons. The molecule has 0 spiro atoms. The fourth-order valence-electron chi connectivity index (χ4n) is 3.63. The normalized spacial score (nSPS) is 12.0. The molecule has 0 aliphatic carbocycles. The molecule has 170 valence electrons. The second-order valence-electron chi connectivity index (χ2n) is 7.59. The third kappa shape index (κ3) is 4.36. The van der Waals surface area contributed by atoms with Crippen LogP contribution in [0.25, 0.3) is 11.3 Å². The summed E-state index contributed by atoms with van der Waals surface area (Å²) in [7, 11) is 1.56. The van der Waals surface area contributed by atoms with Gasteiger partial charge < -0.3 is 10.1 Å². The molecule has 0 fully saturated rings. The number of hydrogen-bond donors (Lipinski definition) is 1. The molecule has 0 aliphatic heterocycles. The molecular weight excluding hydrogens is 438 g/mol. The first-order valence-electron chi connectivity index (χ1n) is 10.6. The summed E-state index contributed by atoms with van der Waals surface area (Å²) < 4.78 is 8.47. The van der Waals surface area contributed by atoms with Crippen LogP contribution in [0.4, 0.5) is 5.69 Å². The number of carbonyl (C=O) groups excluding carboxylic acids is 1. The highest BCUT2D eigenvalue weighted by atomic mass is 32.2. The van der Waals surface area contributed by atoms with E-state index >= 15 is 0 Å². The van der Waals surface area contributed by atoms with Gasteiger partial charge in [0.2, 0.25) is 11.6 Å². The number of benzene rings is 2. The van der Waals surface area contributed by atoms with E-state index in [0.717, 1.165) is 16.8 Å². The largest absolute Gasteiger partial charge is 0.495 e. The highest BCUT2D eigenvalue weighted by molar-refractivity contribution is 8.00. The van der Waals surface area contributed by atoms with E-state index in [2.05, 4.69) is 15.5 Å². The molecule has 0 bridgehead atoms. The highest BCUT2D eigenvalue weighted by Crippen LogP contribution is 2.27. The lowest BCUT2D eigenvalue weighted by Gasteiger charge is -2.16. The van der Waals surface area contributed by atoms with Crippen LogP contribution in [-0.4, -0.2) is 37.4 Å². The summed E-state index contributed by atoms with van der Waals surface area (Å²) in [5.74, 6) is 0.464. The van der Waals surface area contributed by atoms with Gasteiger partial charge in [-0.3, -0.25) is 18.6 Å². The number of anilines is 1. The van der Waals surface area contributed by atoms with Gasteiger partial charge in [0.05, 0.1) is 18.0 Å². The number of aryl methyl sites for hydroxylation is 2. The average Bonchev–Trinajstić information content (AvgIpc) is 3.23. The summed E-state index contributed by atoms with van der Waals surface area (Å²) in [6.07, 6.45) is 3.97. The predicted molar refractivity (Wildman–Crippen MR) is 130 cm³/mol. The molecule has 33 heavy (non-hydrogen) atoms. The number of methoxy groups -OCH3 is 1. The first-order chi connectivity index (χ1) is 15.9. The quantitative estimate of drug-likeness (QED) is 0.417. The van der Waals surface area contributed by atoms with Crippen molar-refractivity contribution in [3.8, 4) is 11.4 Å². The number of aromatic nitrogens is 4. The number of thioether (sulfide) groups is 1. The first kappa shape index (κ1) is 22.6. The second-order valence-corrected chi connectivity index (χ2v) is 8.76. The molecule has 2 heterocycles. The summed E-state index contributed by atoms with van der Waals surface area (Å²) in [6.45, 7) is 5.88. The van der Waals surface area contributed by atoms with Crippen molar-refractivity contribution >= 4 is 29.0 Å². The maximum absolute atomic E-state index is 13.1. The number of nitrogens with zero attached hydrogens (tertiary/aromatic N) is 4. The smallest absolute Gasteiger partial charge is 0.300 e. The van der Waals surface area contributed by atoms with Crippen LogP contribution in [0.1, 0.15) is 24.5 Å². The van der Waals surface area contributed by atoms with Crippen molar-refractivity contribution in [1.82, 2.24) is 19.2 Å². The summed E-state index contributed by atoms with van der Waals surface area (Å²) in [4.78, 5) is 26.1. The van der Waals surface area contributed by atoms with E-state index in [9.17, 15) is 9.59 Å². The van der Waals surface area contributed by atoms with Crippen molar-refractivity contribution < 1.29 is 9.53 Å². The van der Waals surface area contributed by atoms with Gasteiger partial charge in [-0.05, 0) is 43.5 Å². The zero-order chi connectivity index (χ0) is 23.5. The molecule has 4 aromatic rings. The van der Waals surface area contributed by atoms with E-state index in [1.165, 1.54) is 16.3 Å². The molecule has 1 amide bonds. The molecule has 4 rings (SSSR count). The number of nitrogens with one attached hydrogen (secondary N) is 1. The Morgan fingerprint density at radius 2 is 1.82 bits per heavy atom. The Kier molecular flexibility index (Phi) is 6.50. The Bertz CT molecular complexity index is 1360. The zero-order valence-electron chi connectivity index (χ0n) is 18.9. The molecule has 8 nitrogen and oxygen atoms in total. The van der Waals surface area contributed by atoms with Crippen LogP contribution in [0.5, 0.6) is 5.75 Å². The summed E-state index contributed by atoms with van der Waals surface area (Å²) in [5, 5.41) is 11.4. The zero-order valence-corrected chi connectivity index (χ0v) is 19.7. The Balaban J connectivity index is 1.63. The molecule has 0 aliphatic rings. The molecule has 1 atom stereocenters. The molecular formula is C24H25N5O3S. The van der Waals surface area contributed by atoms with Gasteiger partial charge in [0.15, 0.2) is 5.16 Å². The molecule has 1 N–H and O–H groups in total. The number of carbonyl (C=O) groups is 1. The van der Waals surface area contributed by atoms with Crippen LogP contribution in [0.3, 0.4) is 0 Å². The molecule has 0 saturated heterocycles. The molecule has 9 heteroatoms. The van der Waals surface area contributed by atoms with Gasteiger partial charge in [0.1, 0.15) is 5.75 Å². The van der Waals surface area contributed by atoms with Crippen LogP contribution < -0.4 is 15.6 Å². The van der Waals surface area contributed by atoms with Gasteiger partial charge >= 0.3 is 5.56 Å². The fraction of sp³-hybridized carbons (Fsp3) is 0.250. The molecule has 1 unspecified atom stereocenters. The third-order valence-electron chi connectivity index (χ3n) is 5.42. The predicted octanol–water partition coefficient (Wildman–Crippen LogP) is 4.02. The lowest BCUT2D eigenvalue weighted by molar-refractivity contribution is -0.115. The van der Waals surface area contributed by atoms with Gasteiger partial charge in [-0.25, -0.2) is 0 Å². The molecule has 2 aromatic carbocycles. The van der Waals surface area contributed by atoms with Crippen molar-refractivity contribution in [2.24, 2.45) is 0 Å². The molecule has 2 aromatic heterocycles. The summed E-state index contributed by atoms with van der Waals surface area (Å²) in [5.41, 5.74) is 3.31. The number of amides is 1. The minimum absolute atomic E-state index is 0.112. The van der Waals surface area contributed by atoms with Crippen LogP contribution in [0.15, 0.2) is 64.8 Å². The van der Waals surface area contributed by atoms with Crippen LogP contribution in [0.2, 0.25) is 0 Å². The first-order valence-corrected chi connectivity index (χ1v) is 11.5. The highest BCUT2D eigenvalue weighted by Gasteiger charge is 2.23. The Morgan fingerprint density at radius 3 is 2.52 bits per heavy atom. The van der Waals surface area contributed by atoms with Gasteiger partial charge in [0.25, 0.3) is 0 Å². The second kappa shape index (κ2) is 9.50. The Hall–Kier alpha value is -3.59. The van der Waals surface area contributed by atoms with Crippen LogP contribution in [0, 0.1) is 13.8 Å². The van der Waals surface area contributed by atoms with E-state index in [0.29, 0.717) is 23.0 Å². The maximum Gasteiger partial charge on any atom is 0.300 e. The van der Waals surface area contributed by atoms with E-state index in [1.807, 2.05) is 51.1 Å². The fourth-order valence-corrected chi connectivity index (χ4v) is 4.57. The third-order valence-corrected chi connectivity index (χ3v) is 6.75. The van der Waals surface area contributed by atoms with Crippen molar-refractivity contribution in [3.63, 3.8) is 0 Å². The SMILES string of the molecule is CCC(Sc1nnc2c(=O)n(-c3ccccc3OC)ccn12)C(=O)Nc1c(C)cccc1C. The summed E-state index contributed by atoms with van der Waals surface area (Å²) >= 11 is 1.29.